The highest BCUT2D eigenvalue weighted by Crippen LogP contribution is 2.13. The molecule has 1 atom stereocenters. The molecular weight excluding hydrogens is 184 g/mol. The number of hydrogen-bond acceptors (Lipinski definition) is 1. The molecule has 2 N–H and O–H groups in total. The molecule has 1 unspecified atom stereocenters. The first-order chi connectivity index (χ1) is 6.65. The van der Waals surface area contributed by atoms with Gasteiger partial charge in [0.15, 0.2) is 11.6 Å². The van der Waals surface area contributed by atoms with Crippen LogP contribution < -0.4 is 5.73 Å². The molecule has 1 nitrogen and oxygen atoms in total. The minimum absolute atomic E-state index is 0.205. The number of hydrogen-bond donors (Lipinski definition) is 1. The van der Waals surface area contributed by atoms with Gasteiger partial charge in [-0.25, -0.2) is 8.78 Å². The topological polar surface area (TPSA) is 26.0 Å². The Bertz CT molecular complexity index is 323. The van der Waals surface area contributed by atoms with Crippen molar-refractivity contribution in [1.82, 2.24) is 0 Å². The van der Waals surface area contributed by atoms with E-state index in [1.54, 1.807) is 12.1 Å². The van der Waals surface area contributed by atoms with Crippen molar-refractivity contribution in [2.24, 2.45) is 5.73 Å². The summed E-state index contributed by atoms with van der Waals surface area (Å²) in [5, 5.41) is 0. The van der Waals surface area contributed by atoms with Gasteiger partial charge in [0.2, 0.25) is 0 Å². The molecule has 3 heteroatoms. The molecule has 1 aromatic carbocycles. The Kier molecular flexibility index (Phi) is 3.77. The van der Waals surface area contributed by atoms with E-state index < -0.39 is 11.6 Å². The summed E-state index contributed by atoms with van der Waals surface area (Å²) in [7, 11) is 0. The second-order valence-corrected chi connectivity index (χ2v) is 3.20. The Morgan fingerprint density at radius 3 is 2.79 bits per heavy atom. The highest BCUT2D eigenvalue weighted by atomic mass is 19.2. The molecular formula is C11H13F2N. The molecule has 0 radical (unpaired) electrons. The van der Waals surface area contributed by atoms with Crippen molar-refractivity contribution in [3.05, 3.63) is 48.1 Å². The number of halogens is 2. The standard InChI is InChI=1S/C11H13F2N/c1-2-4-9(14)7-8-5-3-6-10(12)11(8)13/h2-3,5-6,9H,1,4,7,14H2. The Morgan fingerprint density at radius 2 is 2.14 bits per heavy atom. The maximum atomic E-state index is 13.1. The van der Waals surface area contributed by atoms with Gasteiger partial charge in [0.05, 0.1) is 0 Å². The molecule has 0 saturated heterocycles. The molecule has 0 heterocycles. The van der Waals surface area contributed by atoms with Crippen molar-refractivity contribution < 1.29 is 8.78 Å². The van der Waals surface area contributed by atoms with Crippen LogP contribution in [-0.4, -0.2) is 6.04 Å². The van der Waals surface area contributed by atoms with Crippen LogP contribution in [0, 0.1) is 11.6 Å². The quantitative estimate of drug-likeness (QED) is 0.737. The van der Waals surface area contributed by atoms with Gasteiger partial charge in [0, 0.05) is 6.04 Å². The number of benzene rings is 1. The van der Waals surface area contributed by atoms with Gasteiger partial charge in [-0.05, 0) is 24.5 Å². The lowest BCUT2D eigenvalue weighted by Gasteiger charge is -2.09. The van der Waals surface area contributed by atoms with E-state index in [-0.39, 0.29) is 6.04 Å². The summed E-state index contributed by atoms with van der Waals surface area (Å²) < 4.78 is 25.9. The lowest BCUT2D eigenvalue weighted by Crippen LogP contribution is -2.22. The van der Waals surface area contributed by atoms with Gasteiger partial charge in [-0.1, -0.05) is 18.2 Å². The number of nitrogens with two attached hydrogens (primary N) is 1. The fraction of sp³-hybridized carbons (Fsp3) is 0.273. The SMILES string of the molecule is C=CCC(N)Cc1cccc(F)c1F. The summed E-state index contributed by atoms with van der Waals surface area (Å²) in [6.07, 6.45) is 2.59. The molecule has 1 rings (SSSR count). The molecule has 0 saturated carbocycles. The normalized spacial score (nSPS) is 12.5. The van der Waals surface area contributed by atoms with E-state index in [0.29, 0.717) is 18.4 Å². The van der Waals surface area contributed by atoms with Crippen LogP contribution in [0.3, 0.4) is 0 Å². The van der Waals surface area contributed by atoms with E-state index in [1.165, 1.54) is 6.07 Å². The monoisotopic (exact) mass is 197 g/mol. The third-order valence-corrected chi connectivity index (χ3v) is 1.98. The largest absolute Gasteiger partial charge is 0.327 e. The van der Waals surface area contributed by atoms with Gasteiger partial charge >= 0.3 is 0 Å². The molecule has 1 aromatic rings. The van der Waals surface area contributed by atoms with E-state index in [2.05, 4.69) is 6.58 Å². The summed E-state index contributed by atoms with van der Waals surface area (Å²) in [5.41, 5.74) is 5.99. The lowest BCUT2D eigenvalue weighted by atomic mass is 10.0. The zero-order valence-electron chi connectivity index (χ0n) is 7.84. The summed E-state index contributed by atoms with van der Waals surface area (Å²) in [6, 6.07) is 3.91. The van der Waals surface area contributed by atoms with E-state index in [9.17, 15) is 8.78 Å². The number of rotatable bonds is 4. The van der Waals surface area contributed by atoms with Crippen molar-refractivity contribution in [2.45, 2.75) is 18.9 Å². The van der Waals surface area contributed by atoms with Crippen molar-refractivity contribution in [2.75, 3.05) is 0 Å². The molecule has 0 amide bonds. The van der Waals surface area contributed by atoms with Gasteiger partial charge in [-0.3, -0.25) is 0 Å². The molecule has 14 heavy (non-hydrogen) atoms. The smallest absolute Gasteiger partial charge is 0.162 e. The minimum atomic E-state index is -0.826. The highest BCUT2D eigenvalue weighted by molar-refractivity contribution is 5.20. The van der Waals surface area contributed by atoms with E-state index >= 15 is 0 Å². The van der Waals surface area contributed by atoms with Crippen molar-refractivity contribution >= 4 is 0 Å². The summed E-state index contributed by atoms with van der Waals surface area (Å²) in [4.78, 5) is 0. The van der Waals surface area contributed by atoms with Gasteiger partial charge in [-0.2, -0.15) is 0 Å². The second kappa shape index (κ2) is 4.86. The fourth-order valence-electron chi connectivity index (χ4n) is 1.29. The maximum Gasteiger partial charge on any atom is 0.162 e. The zero-order chi connectivity index (χ0) is 10.6. The Hall–Kier alpha value is -1.22. The Labute approximate surface area is 82.2 Å². The third kappa shape index (κ3) is 2.64. The Morgan fingerprint density at radius 1 is 1.43 bits per heavy atom. The first kappa shape index (κ1) is 10.9. The summed E-state index contributed by atoms with van der Waals surface area (Å²) in [6.45, 7) is 3.53. The third-order valence-electron chi connectivity index (χ3n) is 1.98. The van der Waals surface area contributed by atoms with Crippen LogP contribution in [0.15, 0.2) is 30.9 Å². The van der Waals surface area contributed by atoms with Gasteiger partial charge in [0.25, 0.3) is 0 Å². The van der Waals surface area contributed by atoms with Gasteiger partial charge in [-0.15, -0.1) is 6.58 Å². The summed E-state index contributed by atoms with van der Waals surface area (Å²) >= 11 is 0. The highest BCUT2D eigenvalue weighted by Gasteiger charge is 2.10. The van der Waals surface area contributed by atoms with Crippen LogP contribution in [0.5, 0.6) is 0 Å². The van der Waals surface area contributed by atoms with Crippen molar-refractivity contribution in [1.29, 1.82) is 0 Å². The molecule has 0 aliphatic rings. The Balaban J connectivity index is 2.76. The minimum Gasteiger partial charge on any atom is -0.327 e. The molecule has 76 valence electrons. The van der Waals surface area contributed by atoms with E-state index in [1.807, 2.05) is 0 Å². The first-order valence-electron chi connectivity index (χ1n) is 4.44. The van der Waals surface area contributed by atoms with Crippen molar-refractivity contribution in [3.63, 3.8) is 0 Å². The van der Waals surface area contributed by atoms with E-state index in [4.69, 9.17) is 5.73 Å². The lowest BCUT2D eigenvalue weighted by molar-refractivity contribution is 0.493. The molecule has 0 aromatic heterocycles. The van der Waals surface area contributed by atoms with Crippen molar-refractivity contribution in [3.8, 4) is 0 Å². The fourth-order valence-corrected chi connectivity index (χ4v) is 1.29. The van der Waals surface area contributed by atoms with Crippen LogP contribution >= 0.6 is 0 Å². The molecule has 0 aliphatic heterocycles. The van der Waals surface area contributed by atoms with Gasteiger partial charge < -0.3 is 5.73 Å². The predicted molar refractivity (Wildman–Crippen MR) is 52.9 cm³/mol. The van der Waals surface area contributed by atoms with Crippen LogP contribution in [0.2, 0.25) is 0 Å². The van der Waals surface area contributed by atoms with Crippen LogP contribution in [0.4, 0.5) is 8.78 Å². The average Bonchev–Trinajstić information content (AvgIpc) is 2.13. The first-order valence-corrected chi connectivity index (χ1v) is 4.44. The summed E-state index contributed by atoms with van der Waals surface area (Å²) in [5.74, 6) is -1.62. The molecule has 0 spiro atoms. The van der Waals surface area contributed by atoms with Crippen LogP contribution in [0.1, 0.15) is 12.0 Å². The average molecular weight is 197 g/mol. The van der Waals surface area contributed by atoms with Crippen LogP contribution in [-0.2, 0) is 6.42 Å². The van der Waals surface area contributed by atoms with E-state index in [0.717, 1.165) is 6.07 Å². The molecule has 0 fully saturated rings. The second-order valence-electron chi connectivity index (χ2n) is 3.20. The maximum absolute atomic E-state index is 13.1. The predicted octanol–water partition coefficient (Wildman–Crippen LogP) is 2.41. The van der Waals surface area contributed by atoms with Crippen LogP contribution in [0.25, 0.3) is 0 Å². The van der Waals surface area contributed by atoms with Gasteiger partial charge in [0.1, 0.15) is 0 Å². The molecule has 0 bridgehead atoms. The zero-order valence-corrected chi connectivity index (χ0v) is 7.84. The molecule has 0 aliphatic carbocycles.